The van der Waals surface area contributed by atoms with E-state index < -0.39 is 5.54 Å². The highest BCUT2D eigenvalue weighted by molar-refractivity contribution is 7.99. The van der Waals surface area contributed by atoms with Gasteiger partial charge in [0.05, 0.1) is 12.1 Å². The van der Waals surface area contributed by atoms with Gasteiger partial charge in [-0.15, -0.1) is 11.8 Å². The lowest BCUT2D eigenvalue weighted by Gasteiger charge is -2.34. The summed E-state index contributed by atoms with van der Waals surface area (Å²) in [5.74, 6) is 1.42. The highest BCUT2D eigenvalue weighted by Gasteiger charge is 2.42. The molecule has 7 heteroatoms. The molecule has 3 aromatic rings. The number of anilines is 1. The van der Waals surface area contributed by atoms with E-state index in [9.17, 15) is 9.59 Å². The molecule has 0 aliphatic heterocycles. The van der Waals surface area contributed by atoms with E-state index in [1.165, 1.54) is 4.90 Å². The zero-order valence-corrected chi connectivity index (χ0v) is 18.8. The smallest absolute Gasteiger partial charge is 0.229 e. The fourth-order valence-electron chi connectivity index (χ4n) is 4.06. The third-order valence-corrected chi connectivity index (χ3v) is 6.63. The number of pyridine rings is 1. The first-order chi connectivity index (χ1) is 14.9. The zero-order chi connectivity index (χ0) is 22.0. The summed E-state index contributed by atoms with van der Waals surface area (Å²) in [7, 11) is 0. The summed E-state index contributed by atoms with van der Waals surface area (Å²) in [6.45, 7) is 5.93. The molecule has 1 aromatic carbocycles. The van der Waals surface area contributed by atoms with Crippen LogP contribution in [0.5, 0.6) is 0 Å². The van der Waals surface area contributed by atoms with Gasteiger partial charge < -0.3 is 5.32 Å². The predicted octanol–water partition coefficient (Wildman–Crippen LogP) is 4.42. The van der Waals surface area contributed by atoms with Crippen LogP contribution in [-0.2, 0) is 23.2 Å². The van der Waals surface area contributed by atoms with Crippen molar-refractivity contribution in [2.24, 2.45) is 0 Å². The van der Waals surface area contributed by atoms with E-state index in [1.54, 1.807) is 28.7 Å². The van der Waals surface area contributed by atoms with Crippen LogP contribution in [0.2, 0.25) is 0 Å². The molecule has 1 aliphatic rings. The van der Waals surface area contributed by atoms with Gasteiger partial charge in [-0.3, -0.25) is 14.3 Å². The van der Waals surface area contributed by atoms with Gasteiger partial charge >= 0.3 is 0 Å². The molecule has 31 heavy (non-hydrogen) atoms. The number of hydrogen-bond acceptors (Lipinski definition) is 5. The van der Waals surface area contributed by atoms with Crippen LogP contribution in [0.1, 0.15) is 47.4 Å². The number of carbonyl (C=O) groups is 2. The predicted molar refractivity (Wildman–Crippen MR) is 123 cm³/mol. The normalized spacial score (nSPS) is 18.0. The second kappa shape index (κ2) is 8.67. The summed E-state index contributed by atoms with van der Waals surface area (Å²) in [4.78, 5) is 31.7. The van der Waals surface area contributed by atoms with Crippen LogP contribution >= 0.6 is 11.8 Å². The van der Waals surface area contributed by atoms with Gasteiger partial charge in [-0.25, -0.2) is 4.98 Å². The molecule has 6 nitrogen and oxygen atoms in total. The van der Waals surface area contributed by atoms with E-state index in [2.05, 4.69) is 22.3 Å². The van der Waals surface area contributed by atoms with Crippen molar-refractivity contribution in [3.8, 4) is 0 Å². The second-order valence-electron chi connectivity index (χ2n) is 8.00. The van der Waals surface area contributed by atoms with Crippen LogP contribution in [-0.4, -0.2) is 32.2 Å². The molecule has 0 radical (unpaired) electrons. The maximum atomic E-state index is 13.3. The number of hydrogen-bond donors (Lipinski definition) is 1. The summed E-state index contributed by atoms with van der Waals surface area (Å²) in [5, 5.41) is 7.19. The van der Waals surface area contributed by atoms with Crippen molar-refractivity contribution in [3.05, 3.63) is 71.2 Å². The van der Waals surface area contributed by atoms with Gasteiger partial charge in [0.25, 0.3) is 0 Å². The number of aromatic nitrogens is 3. The first-order valence-corrected chi connectivity index (χ1v) is 11.5. The quantitative estimate of drug-likeness (QED) is 0.581. The molecule has 4 rings (SSSR count). The number of benzene rings is 1. The molecule has 1 aliphatic carbocycles. The van der Waals surface area contributed by atoms with E-state index in [4.69, 9.17) is 0 Å². The topological polar surface area (TPSA) is 76.9 Å². The van der Waals surface area contributed by atoms with E-state index in [-0.39, 0.29) is 18.1 Å². The van der Waals surface area contributed by atoms with Crippen molar-refractivity contribution >= 4 is 29.3 Å². The van der Waals surface area contributed by atoms with Crippen LogP contribution in [0.3, 0.4) is 0 Å². The Morgan fingerprint density at radius 1 is 1.29 bits per heavy atom. The fourth-order valence-corrected chi connectivity index (χ4v) is 4.72. The molecule has 1 atom stereocenters. The Bertz CT molecular complexity index is 1110. The minimum absolute atomic E-state index is 0.0189. The van der Waals surface area contributed by atoms with E-state index in [0.29, 0.717) is 24.2 Å². The van der Waals surface area contributed by atoms with Crippen LogP contribution in [0, 0.1) is 6.92 Å². The summed E-state index contributed by atoms with van der Waals surface area (Å²) in [5.41, 5.74) is 2.45. The number of fused-ring (bicyclic) bond motifs is 1. The maximum absolute atomic E-state index is 13.3. The minimum Gasteiger partial charge on any atom is -0.310 e. The molecular formula is C24H26N4O2S. The number of rotatable bonds is 6. The number of aryl methyl sites for hydroxylation is 2. The molecule has 0 saturated heterocycles. The molecule has 0 bridgehead atoms. The molecular weight excluding hydrogens is 408 g/mol. The lowest BCUT2D eigenvalue weighted by molar-refractivity contribution is -0.115. The highest BCUT2D eigenvalue weighted by atomic mass is 32.2. The monoisotopic (exact) mass is 434 g/mol. The Labute approximate surface area is 186 Å². The molecule has 1 unspecified atom stereocenters. The molecule has 0 fully saturated rings. The third-order valence-electron chi connectivity index (χ3n) is 5.73. The zero-order valence-electron chi connectivity index (χ0n) is 18.0. The molecule has 160 valence electrons. The second-order valence-corrected chi connectivity index (χ2v) is 9.34. The fraction of sp³-hybridized carbons (Fsp3) is 0.333. The number of amides is 1. The van der Waals surface area contributed by atoms with Gasteiger partial charge in [-0.1, -0.05) is 19.1 Å². The van der Waals surface area contributed by atoms with Crippen LogP contribution < -0.4 is 5.32 Å². The van der Waals surface area contributed by atoms with Crippen molar-refractivity contribution in [1.29, 1.82) is 0 Å². The first-order valence-electron chi connectivity index (χ1n) is 10.5. The maximum Gasteiger partial charge on any atom is 0.229 e. The molecule has 0 saturated carbocycles. The standard InChI is InChI=1S/C24H26N4O2S/c1-4-31-18-8-6-17(7-9-18)15-21(29)27-20-14-16(2)22-19(26-20)10-11-24(3,23(22)30)28-13-5-12-25-28/h5-9,12-14H,4,10-11,15H2,1-3H3,(H,26,27,29). The lowest BCUT2D eigenvalue weighted by atomic mass is 9.78. The van der Waals surface area contributed by atoms with E-state index in [0.717, 1.165) is 22.6 Å². The number of carbonyl (C=O) groups excluding carboxylic acids is 2. The Kier molecular flexibility index (Phi) is 5.96. The third kappa shape index (κ3) is 4.28. The molecule has 2 heterocycles. The summed E-state index contributed by atoms with van der Waals surface area (Å²) < 4.78 is 1.73. The molecule has 0 spiro atoms. The van der Waals surface area contributed by atoms with Gasteiger partial charge in [-0.05, 0) is 67.8 Å². The van der Waals surface area contributed by atoms with Gasteiger partial charge in [0, 0.05) is 22.9 Å². The van der Waals surface area contributed by atoms with Crippen molar-refractivity contribution in [1.82, 2.24) is 14.8 Å². The number of nitrogens with one attached hydrogen (secondary N) is 1. The van der Waals surface area contributed by atoms with Crippen LogP contribution in [0.25, 0.3) is 0 Å². The van der Waals surface area contributed by atoms with Crippen molar-refractivity contribution < 1.29 is 9.59 Å². The van der Waals surface area contributed by atoms with Crippen LogP contribution in [0.4, 0.5) is 5.82 Å². The first kappa shape index (κ1) is 21.3. The average molecular weight is 435 g/mol. The van der Waals surface area contributed by atoms with Gasteiger partial charge in [0.1, 0.15) is 11.4 Å². The molecule has 2 aromatic heterocycles. The Morgan fingerprint density at radius 2 is 2.06 bits per heavy atom. The molecule has 1 N–H and O–H groups in total. The van der Waals surface area contributed by atoms with Crippen molar-refractivity contribution in [3.63, 3.8) is 0 Å². The Morgan fingerprint density at radius 3 is 2.74 bits per heavy atom. The van der Waals surface area contributed by atoms with Gasteiger partial charge in [-0.2, -0.15) is 5.10 Å². The van der Waals surface area contributed by atoms with Gasteiger partial charge in [0.2, 0.25) is 5.91 Å². The SMILES string of the molecule is CCSc1ccc(CC(=O)Nc2cc(C)c3c(n2)CCC(C)(n2cccn2)C3=O)cc1. The van der Waals surface area contributed by atoms with Crippen molar-refractivity contribution in [2.45, 2.75) is 50.5 Å². The summed E-state index contributed by atoms with van der Waals surface area (Å²) in [6, 6.07) is 11.7. The number of Topliss-reactive ketones (excluding diaryl/α,β-unsaturated/α-hetero) is 1. The summed E-state index contributed by atoms with van der Waals surface area (Å²) >= 11 is 1.78. The minimum atomic E-state index is -0.712. The number of nitrogens with zero attached hydrogens (tertiary/aromatic N) is 3. The number of thioether (sulfide) groups is 1. The van der Waals surface area contributed by atoms with Gasteiger partial charge in [0.15, 0.2) is 5.78 Å². The average Bonchev–Trinajstić information content (AvgIpc) is 3.28. The van der Waals surface area contributed by atoms with E-state index in [1.807, 2.05) is 50.4 Å². The highest BCUT2D eigenvalue weighted by Crippen LogP contribution is 2.35. The Balaban J connectivity index is 1.50. The molecule has 1 amide bonds. The Hall–Kier alpha value is -2.93. The van der Waals surface area contributed by atoms with Crippen LogP contribution in [0.15, 0.2) is 53.7 Å². The summed E-state index contributed by atoms with van der Waals surface area (Å²) in [6.07, 6.45) is 5.07. The van der Waals surface area contributed by atoms with Crippen molar-refractivity contribution in [2.75, 3.05) is 11.1 Å². The number of ketones is 1. The largest absolute Gasteiger partial charge is 0.310 e. The van der Waals surface area contributed by atoms with E-state index >= 15 is 0 Å². The lowest BCUT2D eigenvalue weighted by Crippen LogP contribution is -2.44.